The summed E-state index contributed by atoms with van der Waals surface area (Å²) in [6.45, 7) is 22.4. The van der Waals surface area contributed by atoms with Crippen LogP contribution in [0.5, 0.6) is 0 Å². The van der Waals surface area contributed by atoms with E-state index < -0.39 is 0 Å². The minimum atomic E-state index is -0.134. The predicted octanol–water partition coefficient (Wildman–Crippen LogP) is 6.26. The number of carbonyl (C=O) groups excluding carboxylic acids is 1. The smallest absolute Gasteiger partial charge is 0.234 e. The Morgan fingerprint density at radius 2 is 1.16 bits per heavy atom. The fourth-order valence-electron chi connectivity index (χ4n) is 5.15. The van der Waals surface area contributed by atoms with Crippen molar-refractivity contribution < 1.29 is 4.79 Å². The summed E-state index contributed by atoms with van der Waals surface area (Å²) >= 11 is 0. The number of carbonyl (C=O) groups is 1. The van der Waals surface area contributed by atoms with Crippen molar-refractivity contribution in [1.82, 2.24) is 20.0 Å². The van der Waals surface area contributed by atoms with Gasteiger partial charge in [0, 0.05) is 12.0 Å². The van der Waals surface area contributed by atoms with E-state index in [2.05, 4.69) is 104 Å². The number of nitrogens with one attached hydrogen (secondary N) is 1. The van der Waals surface area contributed by atoms with Crippen molar-refractivity contribution in [3.8, 4) is 0 Å². The van der Waals surface area contributed by atoms with Gasteiger partial charge in [-0.2, -0.15) is 0 Å². The summed E-state index contributed by atoms with van der Waals surface area (Å²) in [7, 11) is 0. The van der Waals surface area contributed by atoms with Crippen LogP contribution in [-0.4, -0.2) is 86.1 Å². The summed E-state index contributed by atoms with van der Waals surface area (Å²) in [5, 5.41) is 5.97. The quantitative estimate of drug-likeness (QED) is 0.236. The highest BCUT2D eigenvalue weighted by Gasteiger charge is 2.34. The molecular formula is C30H53Cl3N4O. The molecule has 2 aromatic rings. The third-order valence-corrected chi connectivity index (χ3v) is 7.85. The van der Waals surface area contributed by atoms with Crippen molar-refractivity contribution in [3.05, 3.63) is 48.0 Å². The molecule has 0 atom stereocenters. The van der Waals surface area contributed by atoms with E-state index in [0.717, 1.165) is 65.2 Å². The lowest BCUT2D eigenvalue weighted by Gasteiger charge is -2.39. The van der Waals surface area contributed by atoms with Crippen LogP contribution in [0.1, 0.15) is 59.9 Å². The fourth-order valence-corrected chi connectivity index (χ4v) is 5.15. The van der Waals surface area contributed by atoms with Gasteiger partial charge in [-0.25, -0.2) is 0 Å². The topological polar surface area (TPSA) is 38.8 Å². The summed E-state index contributed by atoms with van der Waals surface area (Å²) < 4.78 is 0. The lowest BCUT2D eigenvalue weighted by molar-refractivity contribution is -0.122. The monoisotopic (exact) mass is 590 g/mol. The number of likely N-dealkylation sites (N-methyl/N-ethyl adjacent to an activating group) is 1. The maximum atomic E-state index is 13.0. The van der Waals surface area contributed by atoms with Gasteiger partial charge < -0.3 is 15.1 Å². The molecule has 0 bridgehead atoms. The lowest BCUT2D eigenvalue weighted by Crippen LogP contribution is -2.47. The van der Waals surface area contributed by atoms with Gasteiger partial charge >= 0.3 is 0 Å². The zero-order valence-electron chi connectivity index (χ0n) is 24.5. The Balaban J connectivity index is 0. The molecule has 220 valence electrons. The van der Waals surface area contributed by atoms with Crippen molar-refractivity contribution in [1.29, 1.82) is 0 Å². The molecule has 0 saturated carbocycles. The van der Waals surface area contributed by atoms with E-state index in [4.69, 9.17) is 0 Å². The molecule has 0 heterocycles. The molecule has 0 spiro atoms. The lowest BCUT2D eigenvalue weighted by atomic mass is 9.72. The normalized spacial score (nSPS) is 11.3. The van der Waals surface area contributed by atoms with Crippen molar-refractivity contribution >= 4 is 53.9 Å². The summed E-state index contributed by atoms with van der Waals surface area (Å²) in [5.74, 6) is 0.129. The standard InChI is InChI=1S/C30H50N4O.3ClH/c1-7-32(8-2)22-20-30(21-23-33(9-3)10-4,25-31-29(35)24-34(11-5)12-6)28-19-15-17-26-16-13-14-18-27(26)28;;;/h13-19H,7-12,20-25H2,1-6H3,(H,31,35);3*1H. The molecule has 0 aliphatic rings. The van der Waals surface area contributed by atoms with E-state index in [1.165, 1.54) is 16.3 Å². The van der Waals surface area contributed by atoms with Gasteiger partial charge in [0.2, 0.25) is 5.91 Å². The van der Waals surface area contributed by atoms with Crippen LogP contribution in [0, 0.1) is 0 Å². The third kappa shape index (κ3) is 11.2. The minimum Gasteiger partial charge on any atom is -0.354 e. The molecule has 38 heavy (non-hydrogen) atoms. The molecular weight excluding hydrogens is 539 g/mol. The molecule has 2 rings (SSSR count). The molecule has 0 saturated heterocycles. The average molecular weight is 592 g/mol. The Morgan fingerprint density at radius 1 is 0.684 bits per heavy atom. The van der Waals surface area contributed by atoms with E-state index >= 15 is 0 Å². The number of amides is 1. The van der Waals surface area contributed by atoms with Gasteiger partial charge in [-0.3, -0.25) is 9.69 Å². The van der Waals surface area contributed by atoms with E-state index in [9.17, 15) is 4.79 Å². The molecule has 5 nitrogen and oxygen atoms in total. The van der Waals surface area contributed by atoms with Crippen LogP contribution in [0.2, 0.25) is 0 Å². The number of halogens is 3. The van der Waals surface area contributed by atoms with Crippen LogP contribution < -0.4 is 5.32 Å². The fraction of sp³-hybridized carbons (Fsp3) is 0.633. The summed E-state index contributed by atoms with van der Waals surface area (Å²) in [6.07, 6.45) is 2.05. The summed E-state index contributed by atoms with van der Waals surface area (Å²) in [6, 6.07) is 15.4. The highest BCUT2D eigenvalue weighted by atomic mass is 35.5. The van der Waals surface area contributed by atoms with Crippen LogP contribution in [0.3, 0.4) is 0 Å². The van der Waals surface area contributed by atoms with Gasteiger partial charge in [-0.1, -0.05) is 84.0 Å². The van der Waals surface area contributed by atoms with Crippen LogP contribution >= 0.6 is 37.2 Å². The van der Waals surface area contributed by atoms with Crippen molar-refractivity contribution in [2.45, 2.75) is 59.8 Å². The number of hydrogen-bond acceptors (Lipinski definition) is 4. The van der Waals surface area contributed by atoms with E-state index in [-0.39, 0.29) is 48.5 Å². The number of rotatable bonds is 17. The Morgan fingerprint density at radius 3 is 1.66 bits per heavy atom. The second-order valence-corrected chi connectivity index (χ2v) is 9.60. The highest BCUT2D eigenvalue weighted by Crippen LogP contribution is 2.37. The van der Waals surface area contributed by atoms with E-state index in [0.29, 0.717) is 13.1 Å². The zero-order valence-corrected chi connectivity index (χ0v) is 27.0. The minimum absolute atomic E-state index is 0. The Hall–Kier alpha value is -1.08. The first-order chi connectivity index (χ1) is 17.0. The number of nitrogens with zero attached hydrogens (tertiary/aromatic N) is 3. The maximum absolute atomic E-state index is 13.0. The van der Waals surface area contributed by atoms with Crippen molar-refractivity contribution in [2.24, 2.45) is 0 Å². The molecule has 1 amide bonds. The molecule has 0 unspecified atom stereocenters. The van der Waals surface area contributed by atoms with Crippen LogP contribution in [0.25, 0.3) is 10.8 Å². The van der Waals surface area contributed by atoms with E-state index in [1.54, 1.807) is 0 Å². The van der Waals surface area contributed by atoms with Crippen molar-refractivity contribution in [3.63, 3.8) is 0 Å². The Kier molecular flexibility index (Phi) is 21.4. The molecule has 0 radical (unpaired) electrons. The first-order valence-corrected chi connectivity index (χ1v) is 13.9. The van der Waals surface area contributed by atoms with Gasteiger partial charge in [0.1, 0.15) is 0 Å². The predicted molar refractivity (Wildman–Crippen MR) is 173 cm³/mol. The van der Waals surface area contributed by atoms with Gasteiger partial charge in [0.15, 0.2) is 0 Å². The molecule has 0 fully saturated rings. The summed E-state index contributed by atoms with van der Waals surface area (Å²) in [4.78, 5) is 20.2. The second kappa shape index (κ2) is 20.8. The number of hydrogen-bond donors (Lipinski definition) is 1. The highest BCUT2D eigenvalue weighted by molar-refractivity contribution is 5.87. The molecule has 0 aliphatic heterocycles. The van der Waals surface area contributed by atoms with E-state index in [1.807, 2.05) is 0 Å². The molecule has 1 N–H and O–H groups in total. The molecule has 2 aromatic carbocycles. The first kappa shape index (κ1) is 39.1. The van der Waals surface area contributed by atoms with Crippen molar-refractivity contribution in [2.75, 3.05) is 65.4 Å². The Bertz CT molecular complexity index is 865. The second-order valence-electron chi connectivity index (χ2n) is 9.60. The van der Waals surface area contributed by atoms with Gasteiger partial charge in [-0.15, -0.1) is 37.2 Å². The first-order valence-electron chi connectivity index (χ1n) is 13.9. The molecule has 0 aliphatic carbocycles. The molecule has 8 heteroatoms. The third-order valence-electron chi connectivity index (χ3n) is 7.85. The maximum Gasteiger partial charge on any atom is 0.234 e. The van der Waals surface area contributed by atoms with Crippen LogP contribution in [-0.2, 0) is 10.2 Å². The van der Waals surface area contributed by atoms with Crippen LogP contribution in [0.15, 0.2) is 42.5 Å². The largest absolute Gasteiger partial charge is 0.354 e. The van der Waals surface area contributed by atoms with Gasteiger partial charge in [0.25, 0.3) is 0 Å². The molecule has 0 aromatic heterocycles. The summed E-state index contributed by atoms with van der Waals surface area (Å²) in [5.41, 5.74) is 1.24. The zero-order chi connectivity index (χ0) is 25.7. The number of fused-ring (bicyclic) bond motifs is 1. The Labute approximate surface area is 251 Å². The van der Waals surface area contributed by atoms with Gasteiger partial charge in [-0.05, 0) is 81.5 Å². The SMILES string of the molecule is CCN(CC)CCC(CCN(CC)CC)(CNC(=O)CN(CC)CC)c1cccc2ccccc12.Cl.Cl.Cl. The van der Waals surface area contributed by atoms with Gasteiger partial charge in [0.05, 0.1) is 6.54 Å². The average Bonchev–Trinajstić information content (AvgIpc) is 2.90. The van der Waals surface area contributed by atoms with Crippen LogP contribution in [0.4, 0.5) is 0 Å². The number of benzene rings is 2.